The summed E-state index contributed by atoms with van der Waals surface area (Å²) in [5.41, 5.74) is 0.780. The lowest BCUT2D eigenvalue weighted by Gasteiger charge is -2.39. The summed E-state index contributed by atoms with van der Waals surface area (Å²) < 4.78 is 0. The van der Waals surface area contributed by atoms with Crippen LogP contribution in [0, 0.1) is 11.3 Å². The minimum Gasteiger partial charge on any atom is -0.300 e. The third kappa shape index (κ3) is 1.52. The van der Waals surface area contributed by atoms with Crippen molar-refractivity contribution in [3.05, 3.63) is 0 Å². The zero-order valence-electron chi connectivity index (χ0n) is 8.64. The first-order valence-corrected chi connectivity index (χ1v) is 5.35. The van der Waals surface area contributed by atoms with Gasteiger partial charge in [-0.25, -0.2) is 0 Å². The molecule has 1 spiro atoms. The monoisotopic (exact) mass is 167 g/mol. The summed E-state index contributed by atoms with van der Waals surface area (Å²) in [6.07, 6.45) is 4.50. The average molecular weight is 167 g/mol. The first-order chi connectivity index (χ1) is 5.61. The van der Waals surface area contributed by atoms with Gasteiger partial charge < -0.3 is 4.90 Å². The van der Waals surface area contributed by atoms with Gasteiger partial charge in [-0.05, 0) is 44.4 Å². The molecule has 2 rings (SSSR count). The molecule has 2 fully saturated rings. The first kappa shape index (κ1) is 8.55. The molecule has 0 bridgehead atoms. The maximum absolute atomic E-state index is 2.67. The molecule has 0 radical (unpaired) electrons. The van der Waals surface area contributed by atoms with Crippen LogP contribution in [0.1, 0.15) is 40.0 Å². The third-order valence-electron chi connectivity index (χ3n) is 3.55. The fourth-order valence-electron chi connectivity index (χ4n) is 2.70. The Kier molecular flexibility index (Phi) is 1.95. The Morgan fingerprint density at radius 2 is 2.00 bits per heavy atom. The Labute approximate surface area is 76.1 Å². The van der Waals surface area contributed by atoms with Gasteiger partial charge in [-0.1, -0.05) is 6.92 Å². The molecule has 0 aromatic rings. The van der Waals surface area contributed by atoms with Crippen LogP contribution in [0.3, 0.4) is 0 Å². The Hall–Kier alpha value is -0.0400. The highest BCUT2D eigenvalue weighted by atomic mass is 15.2. The minimum atomic E-state index is 0.755. The van der Waals surface area contributed by atoms with E-state index in [0.717, 1.165) is 17.4 Å². The predicted molar refractivity (Wildman–Crippen MR) is 52.2 cm³/mol. The third-order valence-corrected chi connectivity index (χ3v) is 3.55. The number of rotatable bonds is 1. The summed E-state index contributed by atoms with van der Waals surface area (Å²) >= 11 is 0. The van der Waals surface area contributed by atoms with Gasteiger partial charge in [0.25, 0.3) is 0 Å². The van der Waals surface area contributed by atoms with Gasteiger partial charge in [-0.2, -0.15) is 0 Å². The Bertz CT molecular complexity index is 170. The first-order valence-electron chi connectivity index (χ1n) is 5.35. The van der Waals surface area contributed by atoms with Gasteiger partial charge in [0.2, 0.25) is 0 Å². The summed E-state index contributed by atoms with van der Waals surface area (Å²) in [4.78, 5) is 2.67. The van der Waals surface area contributed by atoms with E-state index < -0.39 is 0 Å². The molecule has 1 aliphatic carbocycles. The van der Waals surface area contributed by atoms with E-state index in [1.807, 2.05) is 0 Å². The molecule has 1 heteroatoms. The van der Waals surface area contributed by atoms with Crippen molar-refractivity contribution in [2.45, 2.75) is 46.1 Å². The molecule has 1 saturated heterocycles. The Morgan fingerprint density at radius 1 is 1.33 bits per heavy atom. The Balaban J connectivity index is 1.99. The molecule has 1 nitrogen and oxygen atoms in total. The maximum Gasteiger partial charge on any atom is 0.00409 e. The molecule has 1 heterocycles. The van der Waals surface area contributed by atoms with Crippen LogP contribution in [0.5, 0.6) is 0 Å². The van der Waals surface area contributed by atoms with Crippen molar-refractivity contribution in [3.63, 3.8) is 0 Å². The molecule has 0 unspecified atom stereocenters. The highest BCUT2D eigenvalue weighted by Crippen LogP contribution is 2.53. The molecule has 0 aromatic carbocycles. The fraction of sp³-hybridized carbons (Fsp3) is 1.00. The normalized spacial score (nSPS) is 34.5. The number of likely N-dealkylation sites (tertiary alicyclic amines) is 1. The van der Waals surface area contributed by atoms with Crippen molar-refractivity contribution < 1.29 is 0 Å². The smallest absolute Gasteiger partial charge is 0.00409 e. The van der Waals surface area contributed by atoms with E-state index in [0.29, 0.717) is 0 Å². The molecule has 1 saturated carbocycles. The van der Waals surface area contributed by atoms with E-state index in [2.05, 4.69) is 25.7 Å². The van der Waals surface area contributed by atoms with Crippen LogP contribution in [0.4, 0.5) is 0 Å². The van der Waals surface area contributed by atoms with Crippen LogP contribution in [0.15, 0.2) is 0 Å². The molecule has 0 aromatic heterocycles. The van der Waals surface area contributed by atoms with E-state index >= 15 is 0 Å². The van der Waals surface area contributed by atoms with Gasteiger partial charge in [0, 0.05) is 19.1 Å². The summed E-state index contributed by atoms with van der Waals surface area (Å²) in [5, 5.41) is 0. The van der Waals surface area contributed by atoms with Crippen LogP contribution in [-0.4, -0.2) is 24.0 Å². The average Bonchev–Trinajstić information content (AvgIpc) is 2.67. The SMILES string of the molecule is CC(C)N1C[C@H](C)CC2(CC2)C1. The highest BCUT2D eigenvalue weighted by molar-refractivity contribution is 5.00. The zero-order chi connectivity index (χ0) is 8.77. The molecule has 70 valence electrons. The van der Waals surface area contributed by atoms with E-state index in [1.54, 1.807) is 0 Å². The van der Waals surface area contributed by atoms with Crippen molar-refractivity contribution in [2.24, 2.45) is 11.3 Å². The van der Waals surface area contributed by atoms with Crippen molar-refractivity contribution >= 4 is 0 Å². The number of hydrogen-bond donors (Lipinski definition) is 0. The van der Waals surface area contributed by atoms with E-state index in [1.165, 1.54) is 32.4 Å². The van der Waals surface area contributed by atoms with Crippen LogP contribution in [0.25, 0.3) is 0 Å². The summed E-state index contributed by atoms with van der Waals surface area (Å²) in [6, 6.07) is 0.755. The number of nitrogens with zero attached hydrogens (tertiary/aromatic N) is 1. The van der Waals surface area contributed by atoms with Gasteiger partial charge in [0.1, 0.15) is 0 Å². The zero-order valence-corrected chi connectivity index (χ0v) is 8.64. The van der Waals surface area contributed by atoms with Crippen LogP contribution >= 0.6 is 0 Å². The van der Waals surface area contributed by atoms with Gasteiger partial charge in [0.05, 0.1) is 0 Å². The lowest BCUT2D eigenvalue weighted by molar-refractivity contribution is 0.0916. The van der Waals surface area contributed by atoms with Crippen molar-refractivity contribution in [1.82, 2.24) is 4.90 Å². The molecule has 12 heavy (non-hydrogen) atoms. The molecular weight excluding hydrogens is 146 g/mol. The molecule has 0 amide bonds. The second-order valence-corrected chi connectivity index (χ2v) is 5.33. The van der Waals surface area contributed by atoms with Gasteiger partial charge in [-0.3, -0.25) is 0 Å². The summed E-state index contributed by atoms with van der Waals surface area (Å²) in [5.74, 6) is 0.934. The van der Waals surface area contributed by atoms with E-state index in [4.69, 9.17) is 0 Å². The van der Waals surface area contributed by atoms with Crippen molar-refractivity contribution in [2.75, 3.05) is 13.1 Å². The van der Waals surface area contributed by atoms with Crippen molar-refractivity contribution in [3.8, 4) is 0 Å². The standard InChI is InChI=1S/C11H21N/c1-9(2)12-7-10(3)6-11(8-12)4-5-11/h9-10H,4-8H2,1-3H3/t10-/m1/s1. The highest BCUT2D eigenvalue weighted by Gasteiger charge is 2.47. The Morgan fingerprint density at radius 3 is 2.50 bits per heavy atom. The number of hydrogen-bond acceptors (Lipinski definition) is 1. The van der Waals surface area contributed by atoms with Gasteiger partial charge in [-0.15, -0.1) is 0 Å². The minimum absolute atomic E-state index is 0.755. The quantitative estimate of drug-likeness (QED) is 0.580. The lowest BCUT2D eigenvalue weighted by Crippen LogP contribution is -2.44. The van der Waals surface area contributed by atoms with Crippen LogP contribution in [-0.2, 0) is 0 Å². The second kappa shape index (κ2) is 2.73. The van der Waals surface area contributed by atoms with E-state index in [-0.39, 0.29) is 0 Å². The molecule has 1 aliphatic heterocycles. The van der Waals surface area contributed by atoms with Gasteiger partial charge >= 0.3 is 0 Å². The fourth-order valence-corrected chi connectivity index (χ4v) is 2.70. The van der Waals surface area contributed by atoms with Crippen LogP contribution < -0.4 is 0 Å². The number of piperidine rings is 1. The molecule has 1 atom stereocenters. The van der Waals surface area contributed by atoms with Gasteiger partial charge in [0.15, 0.2) is 0 Å². The molecular formula is C11H21N. The molecule has 2 aliphatic rings. The predicted octanol–water partition coefficient (Wildman–Crippen LogP) is 2.52. The summed E-state index contributed by atoms with van der Waals surface area (Å²) in [7, 11) is 0. The van der Waals surface area contributed by atoms with Crippen LogP contribution in [0.2, 0.25) is 0 Å². The maximum atomic E-state index is 2.67. The largest absolute Gasteiger partial charge is 0.300 e. The van der Waals surface area contributed by atoms with Crippen molar-refractivity contribution in [1.29, 1.82) is 0 Å². The lowest BCUT2D eigenvalue weighted by atomic mass is 9.87. The van der Waals surface area contributed by atoms with E-state index in [9.17, 15) is 0 Å². The second-order valence-electron chi connectivity index (χ2n) is 5.33. The molecule has 0 N–H and O–H groups in total. The summed E-state index contributed by atoms with van der Waals surface area (Å²) in [6.45, 7) is 9.78. The topological polar surface area (TPSA) is 3.24 Å².